The number of carbonyl (C=O) groups excluding carboxylic acids is 2. The summed E-state index contributed by atoms with van der Waals surface area (Å²) in [5, 5.41) is 2.92. The van der Waals surface area contributed by atoms with Crippen LogP contribution < -0.4 is 5.32 Å². The minimum absolute atomic E-state index is 0.00639. The van der Waals surface area contributed by atoms with Crippen molar-refractivity contribution in [1.82, 2.24) is 0 Å². The molecule has 0 saturated heterocycles. The highest BCUT2D eigenvalue weighted by molar-refractivity contribution is 6.00. The molecule has 22 heavy (non-hydrogen) atoms. The Bertz CT molecular complexity index is 667. The summed E-state index contributed by atoms with van der Waals surface area (Å²) in [6, 6.07) is 13.1. The number of amides is 1. The fraction of sp³-hybridized carbons (Fsp3) is 0.263. The van der Waals surface area contributed by atoms with E-state index >= 15 is 0 Å². The van der Waals surface area contributed by atoms with Crippen molar-refractivity contribution >= 4 is 17.4 Å². The number of rotatable bonds is 5. The Morgan fingerprint density at radius 2 is 1.50 bits per heavy atom. The van der Waals surface area contributed by atoms with Crippen molar-refractivity contribution in [2.75, 3.05) is 5.32 Å². The summed E-state index contributed by atoms with van der Waals surface area (Å²) in [5.41, 5.74) is 4.76. The molecule has 1 N–H and O–H groups in total. The average molecular weight is 295 g/mol. The van der Waals surface area contributed by atoms with E-state index in [1.165, 1.54) is 5.56 Å². The Labute approximate surface area is 131 Å². The van der Waals surface area contributed by atoms with Crippen LogP contribution >= 0.6 is 0 Å². The maximum Gasteiger partial charge on any atom is 0.224 e. The Morgan fingerprint density at radius 1 is 0.909 bits per heavy atom. The van der Waals surface area contributed by atoms with Gasteiger partial charge in [0.05, 0.1) is 0 Å². The number of nitrogens with one attached hydrogen (secondary N) is 1. The van der Waals surface area contributed by atoms with Crippen LogP contribution in [-0.4, -0.2) is 11.7 Å². The lowest BCUT2D eigenvalue weighted by molar-refractivity contribution is -0.116. The Kier molecular flexibility index (Phi) is 5.10. The Hall–Kier alpha value is -2.42. The zero-order chi connectivity index (χ0) is 16.1. The third kappa shape index (κ3) is 4.04. The summed E-state index contributed by atoms with van der Waals surface area (Å²) in [6.45, 7) is 5.99. The first-order valence-corrected chi connectivity index (χ1v) is 7.43. The van der Waals surface area contributed by atoms with Gasteiger partial charge in [-0.3, -0.25) is 9.59 Å². The molecule has 0 radical (unpaired) electrons. The van der Waals surface area contributed by atoms with E-state index in [-0.39, 0.29) is 24.5 Å². The highest BCUT2D eigenvalue weighted by Crippen LogP contribution is 2.22. The molecule has 2 aromatic rings. The third-order valence-electron chi connectivity index (χ3n) is 3.62. The molecule has 0 aromatic heterocycles. The smallest absolute Gasteiger partial charge is 0.224 e. The highest BCUT2D eigenvalue weighted by atomic mass is 16.2. The first kappa shape index (κ1) is 16.0. The first-order chi connectivity index (χ1) is 10.5. The summed E-state index contributed by atoms with van der Waals surface area (Å²) < 4.78 is 0. The Morgan fingerprint density at radius 3 is 2.09 bits per heavy atom. The van der Waals surface area contributed by atoms with Crippen molar-refractivity contribution in [1.29, 1.82) is 0 Å². The van der Waals surface area contributed by atoms with Gasteiger partial charge in [-0.15, -0.1) is 0 Å². The second-order valence-corrected chi connectivity index (χ2v) is 5.61. The summed E-state index contributed by atoms with van der Waals surface area (Å²) in [4.78, 5) is 24.1. The standard InChI is InChI=1S/C19H21NO2/c1-13-11-14(2)19(15(3)12-13)20-18(22)10-9-17(21)16-7-5-4-6-8-16/h4-8,11-12H,9-10H2,1-3H3,(H,20,22). The van der Waals surface area contributed by atoms with Gasteiger partial charge in [-0.05, 0) is 31.9 Å². The molecule has 2 aromatic carbocycles. The zero-order valence-corrected chi connectivity index (χ0v) is 13.3. The van der Waals surface area contributed by atoms with Gasteiger partial charge in [-0.1, -0.05) is 48.0 Å². The van der Waals surface area contributed by atoms with Crippen molar-refractivity contribution in [3.05, 3.63) is 64.7 Å². The Balaban J connectivity index is 1.95. The van der Waals surface area contributed by atoms with Crippen LogP contribution in [0.1, 0.15) is 39.9 Å². The lowest BCUT2D eigenvalue weighted by Crippen LogP contribution is -2.15. The summed E-state index contributed by atoms with van der Waals surface area (Å²) in [7, 11) is 0. The quantitative estimate of drug-likeness (QED) is 0.840. The van der Waals surface area contributed by atoms with Gasteiger partial charge in [-0.2, -0.15) is 0 Å². The van der Waals surface area contributed by atoms with Crippen LogP contribution in [0.15, 0.2) is 42.5 Å². The van der Waals surface area contributed by atoms with Crippen LogP contribution in [0, 0.1) is 20.8 Å². The second-order valence-electron chi connectivity index (χ2n) is 5.61. The lowest BCUT2D eigenvalue weighted by Gasteiger charge is -2.12. The van der Waals surface area contributed by atoms with E-state index in [1.807, 2.05) is 51.1 Å². The molecule has 0 bridgehead atoms. The third-order valence-corrected chi connectivity index (χ3v) is 3.62. The SMILES string of the molecule is Cc1cc(C)c(NC(=O)CCC(=O)c2ccccc2)c(C)c1. The largest absolute Gasteiger partial charge is 0.326 e. The topological polar surface area (TPSA) is 46.2 Å². The molecule has 0 heterocycles. The molecular formula is C19H21NO2. The number of carbonyl (C=O) groups is 2. The molecule has 2 rings (SSSR count). The number of Topliss-reactive ketones (excluding diaryl/α,β-unsaturated/α-hetero) is 1. The van der Waals surface area contributed by atoms with E-state index in [9.17, 15) is 9.59 Å². The summed E-state index contributed by atoms with van der Waals surface area (Å²) in [5.74, 6) is -0.132. The van der Waals surface area contributed by atoms with E-state index in [2.05, 4.69) is 5.32 Å². The molecule has 0 aliphatic carbocycles. The van der Waals surface area contributed by atoms with Crippen molar-refractivity contribution in [2.24, 2.45) is 0 Å². The minimum Gasteiger partial charge on any atom is -0.326 e. The van der Waals surface area contributed by atoms with E-state index in [0.717, 1.165) is 16.8 Å². The predicted molar refractivity (Wildman–Crippen MR) is 89.3 cm³/mol. The van der Waals surface area contributed by atoms with Crippen LogP contribution in [0.3, 0.4) is 0 Å². The number of hydrogen-bond donors (Lipinski definition) is 1. The zero-order valence-electron chi connectivity index (χ0n) is 13.3. The van der Waals surface area contributed by atoms with Crippen LogP contribution in [-0.2, 0) is 4.79 Å². The van der Waals surface area contributed by atoms with Crippen LogP contribution in [0.25, 0.3) is 0 Å². The molecule has 0 unspecified atom stereocenters. The number of ketones is 1. The van der Waals surface area contributed by atoms with Gasteiger partial charge in [0.1, 0.15) is 0 Å². The molecule has 0 aliphatic heterocycles. The van der Waals surface area contributed by atoms with Gasteiger partial charge >= 0.3 is 0 Å². The number of hydrogen-bond acceptors (Lipinski definition) is 2. The molecule has 0 atom stereocenters. The number of anilines is 1. The summed E-state index contributed by atoms with van der Waals surface area (Å²) in [6.07, 6.45) is 0.417. The monoisotopic (exact) mass is 295 g/mol. The first-order valence-electron chi connectivity index (χ1n) is 7.43. The molecule has 3 heteroatoms. The van der Waals surface area contributed by atoms with Crippen LogP contribution in [0.5, 0.6) is 0 Å². The summed E-state index contributed by atoms with van der Waals surface area (Å²) >= 11 is 0. The average Bonchev–Trinajstić information content (AvgIpc) is 2.49. The van der Waals surface area contributed by atoms with Crippen LogP contribution in [0.2, 0.25) is 0 Å². The molecule has 3 nitrogen and oxygen atoms in total. The van der Waals surface area contributed by atoms with Crippen LogP contribution in [0.4, 0.5) is 5.69 Å². The minimum atomic E-state index is -0.126. The molecule has 0 saturated carbocycles. The number of aryl methyl sites for hydroxylation is 3. The van der Waals surface area contributed by atoms with Gasteiger partial charge in [0.15, 0.2) is 5.78 Å². The maximum atomic E-state index is 12.1. The van der Waals surface area contributed by atoms with Gasteiger partial charge in [-0.25, -0.2) is 0 Å². The van der Waals surface area contributed by atoms with Gasteiger partial charge in [0.25, 0.3) is 0 Å². The molecule has 1 amide bonds. The van der Waals surface area contributed by atoms with Crippen molar-refractivity contribution in [2.45, 2.75) is 33.6 Å². The lowest BCUT2D eigenvalue weighted by atomic mass is 10.0. The normalized spacial score (nSPS) is 10.3. The number of benzene rings is 2. The second kappa shape index (κ2) is 7.03. The fourth-order valence-electron chi connectivity index (χ4n) is 2.57. The van der Waals surface area contributed by atoms with Crippen molar-refractivity contribution < 1.29 is 9.59 Å². The van der Waals surface area contributed by atoms with Gasteiger partial charge in [0.2, 0.25) is 5.91 Å². The maximum absolute atomic E-state index is 12.1. The van der Waals surface area contributed by atoms with E-state index in [1.54, 1.807) is 12.1 Å². The predicted octanol–water partition coefficient (Wildman–Crippen LogP) is 4.21. The van der Waals surface area contributed by atoms with E-state index < -0.39 is 0 Å². The molecule has 0 aliphatic rings. The van der Waals surface area contributed by atoms with Crippen molar-refractivity contribution in [3.8, 4) is 0 Å². The highest BCUT2D eigenvalue weighted by Gasteiger charge is 2.11. The van der Waals surface area contributed by atoms with Crippen molar-refractivity contribution in [3.63, 3.8) is 0 Å². The van der Waals surface area contributed by atoms with E-state index in [0.29, 0.717) is 5.56 Å². The molecular weight excluding hydrogens is 274 g/mol. The molecule has 0 spiro atoms. The molecule has 0 fully saturated rings. The van der Waals surface area contributed by atoms with Gasteiger partial charge in [0, 0.05) is 24.1 Å². The fourth-order valence-corrected chi connectivity index (χ4v) is 2.57. The van der Waals surface area contributed by atoms with Gasteiger partial charge < -0.3 is 5.32 Å². The molecule has 114 valence electrons. The van der Waals surface area contributed by atoms with E-state index in [4.69, 9.17) is 0 Å².